The summed E-state index contributed by atoms with van der Waals surface area (Å²) in [6.45, 7) is 0. The molecule has 2 aromatic carbocycles. The minimum atomic E-state index is -0.445. The molecule has 1 heterocycles. The van der Waals surface area contributed by atoms with Crippen LogP contribution in [0.4, 0.5) is 21.6 Å². The zero-order valence-electron chi connectivity index (χ0n) is 14.7. The van der Waals surface area contributed by atoms with Gasteiger partial charge in [-0.2, -0.15) is 0 Å². The molecule has 0 unspecified atom stereocenters. The number of nitrogens with zero attached hydrogens (tertiary/aromatic N) is 2. The van der Waals surface area contributed by atoms with Gasteiger partial charge in [0, 0.05) is 11.8 Å². The highest BCUT2D eigenvalue weighted by atomic mass is 19.1. The van der Waals surface area contributed by atoms with Crippen molar-refractivity contribution in [2.75, 3.05) is 24.9 Å². The normalized spacial score (nSPS) is 10.2. The van der Waals surface area contributed by atoms with Gasteiger partial charge in [0.25, 0.3) is 5.91 Å². The van der Waals surface area contributed by atoms with Crippen LogP contribution in [-0.4, -0.2) is 30.3 Å². The van der Waals surface area contributed by atoms with Crippen molar-refractivity contribution >= 4 is 23.1 Å². The number of halogens is 1. The van der Waals surface area contributed by atoms with E-state index in [-0.39, 0.29) is 11.5 Å². The van der Waals surface area contributed by atoms with Gasteiger partial charge in [-0.15, -0.1) is 10.2 Å². The molecule has 0 spiro atoms. The molecule has 0 saturated carbocycles. The summed E-state index contributed by atoms with van der Waals surface area (Å²) in [5, 5.41) is 13.6. The molecule has 0 atom stereocenters. The molecule has 2 N–H and O–H groups in total. The van der Waals surface area contributed by atoms with Crippen molar-refractivity contribution in [3.63, 3.8) is 0 Å². The number of ether oxygens (including phenoxy) is 2. The summed E-state index contributed by atoms with van der Waals surface area (Å²) in [7, 11) is 3.13. The number of rotatable bonds is 6. The molecule has 0 aliphatic rings. The van der Waals surface area contributed by atoms with Crippen LogP contribution in [0.2, 0.25) is 0 Å². The van der Waals surface area contributed by atoms with E-state index in [9.17, 15) is 9.18 Å². The van der Waals surface area contributed by atoms with E-state index in [1.807, 2.05) is 0 Å². The molecule has 1 aromatic heterocycles. The first-order valence-corrected chi connectivity index (χ1v) is 7.99. The fourth-order valence-electron chi connectivity index (χ4n) is 2.30. The second-order valence-electron chi connectivity index (χ2n) is 5.46. The van der Waals surface area contributed by atoms with Gasteiger partial charge in [-0.3, -0.25) is 4.79 Å². The largest absolute Gasteiger partial charge is 0.497 e. The maximum Gasteiger partial charge on any atom is 0.276 e. The third-order valence-corrected chi connectivity index (χ3v) is 3.67. The summed E-state index contributed by atoms with van der Waals surface area (Å²) >= 11 is 0. The zero-order chi connectivity index (χ0) is 19.2. The molecule has 7 nitrogen and oxygen atoms in total. The molecule has 0 fully saturated rings. The predicted octanol–water partition coefficient (Wildman–Crippen LogP) is 3.63. The fourth-order valence-corrected chi connectivity index (χ4v) is 2.30. The lowest BCUT2D eigenvalue weighted by Gasteiger charge is -2.12. The van der Waals surface area contributed by atoms with Gasteiger partial charge < -0.3 is 20.1 Å². The Morgan fingerprint density at radius 1 is 0.963 bits per heavy atom. The maximum atomic E-state index is 12.9. The number of benzene rings is 2. The van der Waals surface area contributed by atoms with Crippen LogP contribution in [0.25, 0.3) is 0 Å². The van der Waals surface area contributed by atoms with Gasteiger partial charge in [-0.1, -0.05) is 0 Å². The van der Waals surface area contributed by atoms with E-state index in [0.717, 1.165) is 0 Å². The number of hydrogen-bond acceptors (Lipinski definition) is 6. The van der Waals surface area contributed by atoms with Gasteiger partial charge in [0.05, 0.1) is 19.9 Å². The highest BCUT2D eigenvalue weighted by molar-refractivity contribution is 6.02. The van der Waals surface area contributed by atoms with E-state index < -0.39 is 5.91 Å². The van der Waals surface area contributed by atoms with Crippen LogP contribution >= 0.6 is 0 Å². The molecule has 0 saturated heterocycles. The Morgan fingerprint density at radius 3 is 2.37 bits per heavy atom. The standard InChI is InChI=1S/C19H17FN4O3/c1-26-14-7-9-17(27-2)16(11-14)22-18-10-8-15(23-24-18)19(25)21-13-5-3-12(20)4-6-13/h3-11H,1-2H3,(H,21,25)(H,22,24). The quantitative estimate of drug-likeness (QED) is 0.691. The smallest absolute Gasteiger partial charge is 0.276 e. The number of hydrogen-bond donors (Lipinski definition) is 2. The molecule has 0 bridgehead atoms. The average Bonchev–Trinajstić information content (AvgIpc) is 2.70. The predicted molar refractivity (Wildman–Crippen MR) is 99.2 cm³/mol. The van der Waals surface area contributed by atoms with Crippen molar-refractivity contribution in [1.82, 2.24) is 10.2 Å². The van der Waals surface area contributed by atoms with Gasteiger partial charge in [-0.25, -0.2) is 4.39 Å². The number of anilines is 3. The topological polar surface area (TPSA) is 85.4 Å². The van der Waals surface area contributed by atoms with Crippen molar-refractivity contribution < 1.29 is 18.7 Å². The zero-order valence-corrected chi connectivity index (χ0v) is 14.7. The van der Waals surface area contributed by atoms with Gasteiger partial charge >= 0.3 is 0 Å². The Morgan fingerprint density at radius 2 is 1.74 bits per heavy atom. The first-order chi connectivity index (χ1) is 13.1. The second kappa shape index (κ2) is 8.13. The number of aromatic nitrogens is 2. The Balaban J connectivity index is 1.72. The number of nitrogens with one attached hydrogen (secondary N) is 2. The number of carbonyl (C=O) groups is 1. The number of carbonyl (C=O) groups excluding carboxylic acids is 1. The molecule has 0 radical (unpaired) electrons. The van der Waals surface area contributed by atoms with Crippen molar-refractivity contribution in [2.45, 2.75) is 0 Å². The van der Waals surface area contributed by atoms with Crippen LogP contribution in [0.1, 0.15) is 10.5 Å². The van der Waals surface area contributed by atoms with Crippen LogP contribution < -0.4 is 20.1 Å². The Hall–Kier alpha value is -3.68. The summed E-state index contributed by atoms with van der Waals surface area (Å²) in [5.74, 6) is 0.868. The van der Waals surface area contributed by atoms with Gasteiger partial charge in [0.2, 0.25) is 0 Å². The molecule has 1 amide bonds. The highest BCUT2D eigenvalue weighted by Crippen LogP contribution is 2.30. The van der Waals surface area contributed by atoms with Crippen LogP contribution in [0, 0.1) is 5.82 Å². The molecule has 8 heteroatoms. The van der Waals surface area contributed by atoms with E-state index >= 15 is 0 Å². The van der Waals surface area contributed by atoms with Crippen LogP contribution in [-0.2, 0) is 0 Å². The molecule has 3 aromatic rings. The van der Waals surface area contributed by atoms with Gasteiger partial charge in [0.15, 0.2) is 11.5 Å². The minimum absolute atomic E-state index is 0.127. The van der Waals surface area contributed by atoms with Gasteiger partial charge in [-0.05, 0) is 48.5 Å². The first-order valence-electron chi connectivity index (χ1n) is 7.99. The van der Waals surface area contributed by atoms with E-state index in [0.29, 0.717) is 28.7 Å². The molecular formula is C19H17FN4O3. The lowest BCUT2D eigenvalue weighted by Crippen LogP contribution is -2.14. The molecule has 0 aliphatic heterocycles. The number of amides is 1. The highest BCUT2D eigenvalue weighted by Gasteiger charge is 2.10. The second-order valence-corrected chi connectivity index (χ2v) is 5.46. The van der Waals surface area contributed by atoms with Crippen molar-refractivity contribution in [3.8, 4) is 11.5 Å². The average molecular weight is 368 g/mol. The van der Waals surface area contributed by atoms with E-state index in [2.05, 4.69) is 20.8 Å². The summed E-state index contributed by atoms with van der Waals surface area (Å²) in [6.07, 6.45) is 0. The SMILES string of the molecule is COc1ccc(OC)c(Nc2ccc(C(=O)Nc3ccc(F)cc3)nn2)c1. The molecule has 138 valence electrons. The van der Waals surface area contributed by atoms with E-state index in [4.69, 9.17) is 9.47 Å². The first kappa shape index (κ1) is 18.1. The minimum Gasteiger partial charge on any atom is -0.497 e. The maximum absolute atomic E-state index is 12.9. The van der Waals surface area contributed by atoms with Crippen LogP contribution in [0.15, 0.2) is 54.6 Å². The van der Waals surface area contributed by atoms with E-state index in [1.165, 1.54) is 30.3 Å². The number of methoxy groups -OCH3 is 2. The Labute approximate surface area is 155 Å². The Bertz CT molecular complexity index is 931. The molecule has 0 aliphatic carbocycles. The van der Waals surface area contributed by atoms with Crippen LogP contribution in [0.3, 0.4) is 0 Å². The fraction of sp³-hybridized carbons (Fsp3) is 0.105. The molecule has 27 heavy (non-hydrogen) atoms. The molecular weight excluding hydrogens is 351 g/mol. The van der Waals surface area contributed by atoms with Crippen molar-refractivity contribution in [1.29, 1.82) is 0 Å². The van der Waals surface area contributed by atoms with Crippen molar-refractivity contribution in [2.24, 2.45) is 0 Å². The lowest BCUT2D eigenvalue weighted by molar-refractivity contribution is 0.102. The molecule has 3 rings (SSSR count). The summed E-state index contributed by atoms with van der Waals surface area (Å²) < 4.78 is 23.4. The van der Waals surface area contributed by atoms with Gasteiger partial charge in [0.1, 0.15) is 17.3 Å². The Kier molecular flexibility index (Phi) is 5.46. The van der Waals surface area contributed by atoms with Crippen molar-refractivity contribution in [3.05, 3.63) is 66.1 Å². The van der Waals surface area contributed by atoms with E-state index in [1.54, 1.807) is 38.5 Å². The van der Waals surface area contributed by atoms with Crippen LogP contribution in [0.5, 0.6) is 11.5 Å². The summed E-state index contributed by atoms with van der Waals surface area (Å²) in [6, 6.07) is 13.9. The monoisotopic (exact) mass is 368 g/mol. The lowest BCUT2D eigenvalue weighted by atomic mass is 10.2. The summed E-state index contributed by atoms with van der Waals surface area (Å²) in [5.41, 5.74) is 1.24. The summed E-state index contributed by atoms with van der Waals surface area (Å²) in [4.78, 5) is 12.2. The third kappa shape index (κ3) is 4.49. The third-order valence-electron chi connectivity index (χ3n) is 3.67.